The fourth-order valence-corrected chi connectivity index (χ4v) is 7.58. The highest BCUT2D eigenvalue weighted by atomic mass is 15.0. The fraction of sp³-hybridized carbons (Fsp3) is 0. The van der Waals surface area contributed by atoms with Gasteiger partial charge in [0, 0.05) is 38.4 Å². The van der Waals surface area contributed by atoms with E-state index < -0.39 is 0 Å². The predicted molar refractivity (Wildman–Crippen MR) is 157 cm³/mol. The van der Waals surface area contributed by atoms with Crippen molar-refractivity contribution >= 4 is 77.5 Å². The summed E-state index contributed by atoms with van der Waals surface area (Å²) in [6, 6.07) is 43.0. The molecule has 8 aromatic rings. The molecule has 6 aromatic carbocycles. The highest BCUT2D eigenvalue weighted by Gasteiger charge is 2.40. The first-order valence-electron chi connectivity index (χ1n) is 13.0. The van der Waals surface area contributed by atoms with E-state index in [1.54, 1.807) is 0 Å². The van der Waals surface area contributed by atoms with E-state index in [2.05, 4.69) is 124 Å². The molecule has 0 atom stereocenters. The van der Waals surface area contributed by atoms with Crippen LogP contribution in [0.5, 0.6) is 0 Å². The zero-order valence-corrected chi connectivity index (χ0v) is 19.9. The van der Waals surface area contributed by atoms with E-state index in [1.165, 1.54) is 82.1 Å². The van der Waals surface area contributed by atoms with Gasteiger partial charge in [-0.1, -0.05) is 91.0 Å². The molecule has 0 radical (unpaired) electrons. The van der Waals surface area contributed by atoms with E-state index >= 15 is 0 Å². The van der Waals surface area contributed by atoms with Gasteiger partial charge in [0.25, 0.3) is 6.71 Å². The Morgan fingerprint density at radius 2 is 1.08 bits per heavy atom. The SMILES string of the molecule is c1cc2c3c(c1)-n1c4ccccc4c4c5ccccc5cc(c41)B3c1cccc3c4ccccc4n-2c13. The Kier molecular flexibility index (Phi) is 3.07. The van der Waals surface area contributed by atoms with Crippen LogP contribution in [0.4, 0.5) is 0 Å². The molecule has 0 amide bonds. The summed E-state index contributed by atoms with van der Waals surface area (Å²) in [7, 11) is 0. The van der Waals surface area contributed by atoms with Crippen LogP contribution in [0.1, 0.15) is 0 Å². The fourth-order valence-electron chi connectivity index (χ4n) is 7.58. The second-order valence-corrected chi connectivity index (χ2v) is 10.5. The Morgan fingerprint density at radius 3 is 1.92 bits per heavy atom. The van der Waals surface area contributed by atoms with Gasteiger partial charge in [-0.3, -0.25) is 0 Å². The van der Waals surface area contributed by atoms with Crippen molar-refractivity contribution in [3.8, 4) is 11.4 Å². The smallest absolute Gasteiger partial charge is 0.252 e. The highest BCUT2D eigenvalue weighted by Crippen LogP contribution is 2.40. The minimum atomic E-state index is 0.190. The third-order valence-corrected chi connectivity index (χ3v) is 8.87. The number of benzene rings is 6. The van der Waals surface area contributed by atoms with Gasteiger partial charge in [-0.25, -0.2) is 0 Å². The average molecular weight is 466 g/mol. The summed E-state index contributed by atoms with van der Waals surface area (Å²) < 4.78 is 5.06. The average Bonchev–Trinajstić information content (AvgIpc) is 3.48. The van der Waals surface area contributed by atoms with Gasteiger partial charge in [0.1, 0.15) is 0 Å². The molecule has 0 spiro atoms. The van der Waals surface area contributed by atoms with E-state index in [0.717, 1.165) is 0 Å². The molecule has 0 bridgehead atoms. The van der Waals surface area contributed by atoms with Crippen molar-refractivity contribution in [3.05, 3.63) is 115 Å². The van der Waals surface area contributed by atoms with E-state index in [0.29, 0.717) is 0 Å². The Labute approximate surface area is 213 Å². The predicted octanol–water partition coefficient (Wildman–Crippen LogP) is 6.18. The number of para-hydroxylation sites is 3. The van der Waals surface area contributed by atoms with Gasteiger partial charge in [0.05, 0.1) is 16.6 Å². The van der Waals surface area contributed by atoms with Crippen molar-refractivity contribution in [2.75, 3.05) is 0 Å². The zero-order chi connectivity index (χ0) is 23.8. The van der Waals surface area contributed by atoms with E-state index in [1.807, 2.05) is 0 Å². The van der Waals surface area contributed by atoms with Crippen LogP contribution >= 0.6 is 0 Å². The van der Waals surface area contributed by atoms with Crippen LogP contribution in [0.15, 0.2) is 115 Å². The molecule has 2 aliphatic rings. The molecule has 2 nitrogen and oxygen atoms in total. The molecule has 2 aromatic heterocycles. The summed E-state index contributed by atoms with van der Waals surface area (Å²) in [5.41, 5.74) is 12.1. The molecule has 168 valence electrons. The molecule has 0 saturated heterocycles. The Hall–Kier alpha value is -4.76. The summed E-state index contributed by atoms with van der Waals surface area (Å²) in [5, 5.41) is 8.01. The topological polar surface area (TPSA) is 9.86 Å². The molecule has 0 saturated carbocycles. The number of rotatable bonds is 0. The quantitative estimate of drug-likeness (QED) is 0.236. The van der Waals surface area contributed by atoms with Gasteiger partial charge in [-0.2, -0.15) is 0 Å². The summed E-state index contributed by atoms with van der Waals surface area (Å²) in [4.78, 5) is 0. The molecule has 0 N–H and O–H groups in total. The summed E-state index contributed by atoms with van der Waals surface area (Å²) in [5.74, 6) is 0. The van der Waals surface area contributed by atoms with Crippen LogP contribution < -0.4 is 16.4 Å². The molecule has 0 aliphatic carbocycles. The summed E-state index contributed by atoms with van der Waals surface area (Å²) in [6.45, 7) is 0.190. The standard InChI is InChI=1S/C34H19BN2/c1-2-10-21-20(9-1)19-26-34-31(21)24-12-4-6-16-28(24)37(34)30-18-8-17-29-32(30)35(26)25-14-7-13-23-22-11-3-5-15-27(22)36(29)33(23)25/h1-19H. The number of hydrogen-bond donors (Lipinski definition) is 0. The monoisotopic (exact) mass is 466 g/mol. The second kappa shape index (κ2) is 6.14. The molecular weight excluding hydrogens is 447 g/mol. The summed E-state index contributed by atoms with van der Waals surface area (Å²) in [6.07, 6.45) is 0. The van der Waals surface area contributed by atoms with Crippen LogP contribution in [-0.4, -0.2) is 15.8 Å². The first-order chi connectivity index (χ1) is 18.4. The van der Waals surface area contributed by atoms with Crippen molar-refractivity contribution in [2.45, 2.75) is 0 Å². The van der Waals surface area contributed by atoms with Crippen LogP contribution in [0.2, 0.25) is 0 Å². The van der Waals surface area contributed by atoms with Gasteiger partial charge < -0.3 is 9.13 Å². The maximum Gasteiger partial charge on any atom is 0.252 e. The van der Waals surface area contributed by atoms with Crippen molar-refractivity contribution < 1.29 is 0 Å². The third kappa shape index (κ3) is 1.98. The highest BCUT2D eigenvalue weighted by molar-refractivity contribution is 7.00. The largest absolute Gasteiger partial charge is 0.310 e. The second-order valence-electron chi connectivity index (χ2n) is 10.5. The van der Waals surface area contributed by atoms with Gasteiger partial charge in [-0.15, -0.1) is 0 Å². The lowest BCUT2D eigenvalue weighted by Gasteiger charge is -2.33. The number of aromatic nitrogens is 2. The minimum Gasteiger partial charge on any atom is -0.310 e. The number of nitrogens with zero attached hydrogens (tertiary/aromatic N) is 2. The Morgan fingerprint density at radius 1 is 0.459 bits per heavy atom. The molecule has 3 heteroatoms. The molecule has 4 heterocycles. The molecule has 0 fully saturated rings. The molecule has 37 heavy (non-hydrogen) atoms. The lowest BCUT2D eigenvalue weighted by molar-refractivity contribution is 1.14. The Bertz CT molecular complexity index is 2320. The first-order valence-corrected chi connectivity index (χ1v) is 13.0. The van der Waals surface area contributed by atoms with Crippen LogP contribution in [0.3, 0.4) is 0 Å². The first kappa shape index (κ1) is 18.5. The van der Waals surface area contributed by atoms with Gasteiger partial charge in [-0.05, 0) is 51.4 Å². The van der Waals surface area contributed by atoms with Crippen LogP contribution in [0, 0.1) is 0 Å². The molecule has 0 unspecified atom stereocenters. The van der Waals surface area contributed by atoms with E-state index in [9.17, 15) is 0 Å². The maximum absolute atomic E-state index is 2.54. The third-order valence-electron chi connectivity index (χ3n) is 8.87. The van der Waals surface area contributed by atoms with Crippen molar-refractivity contribution in [3.63, 3.8) is 0 Å². The minimum absolute atomic E-state index is 0.190. The normalized spacial score (nSPS) is 13.4. The van der Waals surface area contributed by atoms with E-state index in [-0.39, 0.29) is 6.71 Å². The van der Waals surface area contributed by atoms with Crippen molar-refractivity contribution in [2.24, 2.45) is 0 Å². The molecule has 2 aliphatic heterocycles. The van der Waals surface area contributed by atoms with Crippen molar-refractivity contribution in [1.29, 1.82) is 0 Å². The Balaban J connectivity index is 1.52. The lowest BCUT2D eigenvalue weighted by Crippen LogP contribution is -2.59. The zero-order valence-electron chi connectivity index (χ0n) is 19.9. The van der Waals surface area contributed by atoms with Gasteiger partial charge >= 0.3 is 0 Å². The lowest BCUT2D eigenvalue weighted by atomic mass is 9.34. The van der Waals surface area contributed by atoms with Crippen LogP contribution in [0.25, 0.3) is 65.8 Å². The van der Waals surface area contributed by atoms with Crippen molar-refractivity contribution in [1.82, 2.24) is 9.13 Å². The molecule has 10 rings (SSSR count). The van der Waals surface area contributed by atoms with Gasteiger partial charge in [0.2, 0.25) is 0 Å². The molecular formula is C34H19BN2. The van der Waals surface area contributed by atoms with Gasteiger partial charge in [0.15, 0.2) is 0 Å². The van der Waals surface area contributed by atoms with E-state index in [4.69, 9.17) is 0 Å². The summed E-state index contributed by atoms with van der Waals surface area (Å²) >= 11 is 0. The number of fused-ring (bicyclic) bond motifs is 12. The maximum atomic E-state index is 2.54. The number of hydrogen-bond acceptors (Lipinski definition) is 0. The van der Waals surface area contributed by atoms with Crippen LogP contribution in [-0.2, 0) is 0 Å².